The van der Waals surface area contributed by atoms with E-state index in [2.05, 4.69) is 15.0 Å². The van der Waals surface area contributed by atoms with E-state index in [1.807, 2.05) is 28.8 Å². The highest BCUT2D eigenvalue weighted by Crippen LogP contribution is 2.61. The number of nitrogens with zero attached hydrogens (tertiary/aromatic N) is 4. The number of anilines is 1. The van der Waals surface area contributed by atoms with Crippen molar-refractivity contribution < 1.29 is 14.6 Å². The molecule has 1 unspecified atom stereocenters. The Morgan fingerprint density at radius 3 is 2.81 bits per heavy atom. The van der Waals surface area contributed by atoms with Gasteiger partial charge in [0.05, 0.1) is 37.8 Å². The lowest BCUT2D eigenvalue weighted by molar-refractivity contribution is -0.00134. The van der Waals surface area contributed by atoms with Gasteiger partial charge in [0, 0.05) is 12.3 Å². The summed E-state index contributed by atoms with van der Waals surface area (Å²) in [5.41, 5.74) is 7.59. The maximum Gasteiger partial charge on any atom is 0.165 e. The summed E-state index contributed by atoms with van der Waals surface area (Å²) in [6.07, 6.45) is 4.44. The highest BCUT2D eigenvalue weighted by atomic mass is 16.5. The molecule has 140 valence electrons. The van der Waals surface area contributed by atoms with Gasteiger partial charge in [-0.15, -0.1) is 0 Å². The lowest BCUT2D eigenvalue weighted by atomic mass is 10.1. The zero-order valence-electron chi connectivity index (χ0n) is 14.9. The van der Waals surface area contributed by atoms with Gasteiger partial charge >= 0.3 is 0 Å². The summed E-state index contributed by atoms with van der Waals surface area (Å²) in [6, 6.07) is 7.78. The number of aliphatic hydroxyl groups is 1. The van der Waals surface area contributed by atoms with E-state index in [1.54, 1.807) is 13.4 Å². The number of ether oxygens (including phenoxy) is 2. The smallest absolute Gasteiger partial charge is 0.165 e. The maximum absolute atomic E-state index is 10.7. The van der Waals surface area contributed by atoms with Gasteiger partial charge in [0.25, 0.3) is 0 Å². The van der Waals surface area contributed by atoms with Crippen molar-refractivity contribution in [2.75, 3.05) is 12.8 Å². The van der Waals surface area contributed by atoms with E-state index >= 15 is 0 Å². The Kier molecular flexibility index (Phi) is 3.60. The van der Waals surface area contributed by atoms with Crippen molar-refractivity contribution in [3.05, 3.63) is 42.5 Å². The normalized spacial score (nSPS) is 29.0. The topological polar surface area (TPSA) is 108 Å². The number of benzene rings is 1. The van der Waals surface area contributed by atoms with Crippen LogP contribution in [0.4, 0.5) is 5.82 Å². The Hall–Kier alpha value is -2.71. The first-order chi connectivity index (χ1) is 13.1. The van der Waals surface area contributed by atoms with E-state index in [4.69, 9.17) is 15.2 Å². The molecule has 0 amide bonds. The van der Waals surface area contributed by atoms with Gasteiger partial charge in [-0.1, -0.05) is 12.1 Å². The molecular weight excluding hydrogens is 346 g/mol. The molecule has 8 nitrogen and oxygen atoms in total. The van der Waals surface area contributed by atoms with Gasteiger partial charge in [0.2, 0.25) is 0 Å². The molecule has 0 aliphatic heterocycles. The van der Waals surface area contributed by atoms with Gasteiger partial charge in [0.15, 0.2) is 11.5 Å². The minimum absolute atomic E-state index is 0.0208. The molecule has 1 aromatic carbocycles. The van der Waals surface area contributed by atoms with Crippen molar-refractivity contribution in [2.24, 2.45) is 5.92 Å². The number of methoxy groups -OCH3 is 1. The van der Waals surface area contributed by atoms with E-state index in [-0.39, 0.29) is 18.1 Å². The number of rotatable bonds is 5. The average Bonchev–Trinajstić information content (AvgIpc) is 3.01. The molecule has 2 aromatic heterocycles. The van der Waals surface area contributed by atoms with Gasteiger partial charge in [-0.05, 0) is 24.1 Å². The SMILES string of the molecule is COc1ccc(CO[C@H]2C[C@]3(O)CC3[C@H]2n2cnc3c(N)ncnc32)cc1. The molecule has 2 aliphatic rings. The third-order valence-corrected chi connectivity index (χ3v) is 5.78. The fraction of sp³-hybridized carbons (Fsp3) is 0.421. The summed E-state index contributed by atoms with van der Waals surface area (Å²) in [6.45, 7) is 0.470. The van der Waals surface area contributed by atoms with Crippen LogP contribution in [0.25, 0.3) is 11.2 Å². The fourth-order valence-electron chi connectivity index (χ4n) is 4.27. The molecular formula is C19H21N5O3. The molecule has 0 radical (unpaired) electrons. The largest absolute Gasteiger partial charge is 0.497 e. The van der Waals surface area contributed by atoms with Crippen molar-refractivity contribution in [1.29, 1.82) is 0 Å². The summed E-state index contributed by atoms with van der Waals surface area (Å²) in [5, 5.41) is 10.7. The Morgan fingerprint density at radius 1 is 1.22 bits per heavy atom. The van der Waals surface area contributed by atoms with Crippen molar-refractivity contribution >= 4 is 17.0 Å². The van der Waals surface area contributed by atoms with Crippen LogP contribution in [0.5, 0.6) is 5.75 Å². The molecule has 2 saturated carbocycles. The lowest BCUT2D eigenvalue weighted by Crippen LogP contribution is -2.25. The van der Waals surface area contributed by atoms with Gasteiger partial charge in [-0.25, -0.2) is 15.0 Å². The molecule has 0 spiro atoms. The molecule has 2 heterocycles. The zero-order chi connectivity index (χ0) is 18.6. The second kappa shape index (κ2) is 5.90. The van der Waals surface area contributed by atoms with E-state index in [0.29, 0.717) is 30.0 Å². The monoisotopic (exact) mass is 367 g/mol. The van der Waals surface area contributed by atoms with Crippen LogP contribution in [0.15, 0.2) is 36.9 Å². The zero-order valence-corrected chi connectivity index (χ0v) is 14.9. The lowest BCUT2D eigenvalue weighted by Gasteiger charge is -2.24. The van der Waals surface area contributed by atoms with E-state index < -0.39 is 5.60 Å². The quantitative estimate of drug-likeness (QED) is 0.706. The van der Waals surface area contributed by atoms with Crippen molar-refractivity contribution in [2.45, 2.75) is 37.2 Å². The Labute approximate surface area is 156 Å². The van der Waals surface area contributed by atoms with Gasteiger partial charge in [-0.2, -0.15) is 0 Å². The number of fused-ring (bicyclic) bond motifs is 2. The maximum atomic E-state index is 10.7. The molecule has 3 aromatic rings. The second-order valence-electron chi connectivity index (χ2n) is 7.39. The molecule has 27 heavy (non-hydrogen) atoms. The fourth-order valence-corrected chi connectivity index (χ4v) is 4.27. The van der Waals surface area contributed by atoms with Gasteiger partial charge in [-0.3, -0.25) is 0 Å². The number of imidazole rings is 1. The number of hydrogen-bond donors (Lipinski definition) is 2. The van der Waals surface area contributed by atoms with Crippen LogP contribution in [-0.2, 0) is 11.3 Å². The molecule has 0 bridgehead atoms. The van der Waals surface area contributed by atoms with Crippen LogP contribution >= 0.6 is 0 Å². The van der Waals surface area contributed by atoms with Crippen molar-refractivity contribution in [3.63, 3.8) is 0 Å². The number of nitrogen functional groups attached to an aromatic ring is 1. The Morgan fingerprint density at radius 2 is 2.04 bits per heavy atom. The molecule has 3 N–H and O–H groups in total. The van der Waals surface area contributed by atoms with Gasteiger partial charge < -0.3 is 24.9 Å². The summed E-state index contributed by atoms with van der Waals surface area (Å²) >= 11 is 0. The number of nitrogens with two attached hydrogens (primary N) is 1. The van der Waals surface area contributed by atoms with Crippen LogP contribution in [0.2, 0.25) is 0 Å². The van der Waals surface area contributed by atoms with Crippen LogP contribution in [-0.4, -0.2) is 43.4 Å². The minimum atomic E-state index is -0.648. The first-order valence-electron chi connectivity index (χ1n) is 8.99. The minimum Gasteiger partial charge on any atom is -0.497 e. The molecule has 5 rings (SSSR count). The highest BCUT2D eigenvalue weighted by molar-refractivity contribution is 5.81. The molecule has 4 atom stereocenters. The van der Waals surface area contributed by atoms with Crippen molar-refractivity contribution in [1.82, 2.24) is 19.5 Å². The summed E-state index contributed by atoms with van der Waals surface area (Å²) in [4.78, 5) is 12.7. The van der Waals surface area contributed by atoms with E-state index in [9.17, 15) is 5.11 Å². The third-order valence-electron chi connectivity index (χ3n) is 5.78. The summed E-state index contributed by atoms with van der Waals surface area (Å²) in [5.74, 6) is 1.32. The molecule has 2 fully saturated rings. The van der Waals surface area contributed by atoms with E-state index in [0.717, 1.165) is 17.7 Å². The Balaban J connectivity index is 1.40. The second-order valence-corrected chi connectivity index (χ2v) is 7.39. The highest BCUT2D eigenvalue weighted by Gasteiger charge is 2.66. The first kappa shape index (κ1) is 16.5. The standard InChI is InChI=1S/C19H21N5O3/c1-26-12-4-2-11(3-5-12)8-27-14-7-19(25)6-13(19)16(14)24-10-23-15-17(20)21-9-22-18(15)24/h2-5,9-10,13-14,16,25H,6-8H2,1H3,(H2,20,21,22)/t13?,14-,16+,19+/m0/s1. The predicted octanol–water partition coefficient (Wildman–Crippen LogP) is 1.70. The molecule has 0 saturated heterocycles. The summed E-state index contributed by atoms with van der Waals surface area (Å²) in [7, 11) is 1.65. The third kappa shape index (κ3) is 2.64. The average molecular weight is 367 g/mol. The van der Waals surface area contributed by atoms with Gasteiger partial charge in [0.1, 0.15) is 17.6 Å². The Bertz CT molecular complexity index is 989. The number of aromatic nitrogens is 4. The predicted molar refractivity (Wildman–Crippen MR) is 98.0 cm³/mol. The van der Waals surface area contributed by atoms with Crippen LogP contribution < -0.4 is 10.5 Å². The molecule has 8 heteroatoms. The molecule has 2 aliphatic carbocycles. The number of hydrogen-bond acceptors (Lipinski definition) is 7. The van der Waals surface area contributed by atoms with Crippen LogP contribution in [0.3, 0.4) is 0 Å². The van der Waals surface area contributed by atoms with E-state index in [1.165, 1.54) is 6.33 Å². The van der Waals surface area contributed by atoms with Crippen molar-refractivity contribution in [3.8, 4) is 5.75 Å². The van der Waals surface area contributed by atoms with Crippen LogP contribution in [0, 0.1) is 5.92 Å². The summed E-state index contributed by atoms with van der Waals surface area (Å²) < 4.78 is 13.4. The van der Waals surface area contributed by atoms with Crippen LogP contribution in [0.1, 0.15) is 24.4 Å². The first-order valence-corrected chi connectivity index (χ1v) is 8.99.